The molecule has 2 aromatic carbocycles. The van der Waals surface area contributed by atoms with Gasteiger partial charge in [0.05, 0.1) is 15.7 Å². The number of aromatic nitrogens is 1. The number of nitrogens with one attached hydrogen (secondary N) is 2. The maximum Gasteiger partial charge on any atom is 0.255 e. The van der Waals surface area contributed by atoms with Crippen molar-refractivity contribution in [2.24, 2.45) is 0 Å². The number of anilines is 1. The van der Waals surface area contributed by atoms with Crippen LogP contribution in [0.3, 0.4) is 0 Å². The molecule has 5 heteroatoms. The van der Waals surface area contributed by atoms with E-state index in [2.05, 4.69) is 10.3 Å². The molecule has 0 fully saturated rings. The van der Waals surface area contributed by atoms with Gasteiger partial charge in [0.1, 0.15) is 0 Å². The molecule has 0 aliphatic heterocycles. The number of hydrogen-bond acceptors (Lipinski definition) is 1. The molecule has 0 atom stereocenters. The van der Waals surface area contributed by atoms with Crippen LogP contribution in [-0.2, 0) is 0 Å². The predicted octanol–water partition coefficient (Wildman–Crippen LogP) is 4.73. The van der Waals surface area contributed by atoms with Gasteiger partial charge in [-0.2, -0.15) is 0 Å². The van der Waals surface area contributed by atoms with Gasteiger partial charge in [0.15, 0.2) is 0 Å². The van der Waals surface area contributed by atoms with Crippen molar-refractivity contribution in [2.75, 3.05) is 5.32 Å². The molecule has 0 unspecified atom stereocenters. The van der Waals surface area contributed by atoms with Gasteiger partial charge < -0.3 is 10.3 Å². The minimum atomic E-state index is -0.225. The summed E-state index contributed by atoms with van der Waals surface area (Å²) in [4.78, 5) is 15.3. The summed E-state index contributed by atoms with van der Waals surface area (Å²) in [5, 5.41) is 4.49. The summed E-state index contributed by atoms with van der Waals surface area (Å²) in [6, 6.07) is 12.5. The molecule has 3 nitrogen and oxygen atoms in total. The lowest BCUT2D eigenvalue weighted by Crippen LogP contribution is -2.12. The highest BCUT2D eigenvalue weighted by atomic mass is 35.5. The van der Waals surface area contributed by atoms with E-state index < -0.39 is 0 Å². The zero-order valence-corrected chi connectivity index (χ0v) is 11.8. The first kappa shape index (κ1) is 13.0. The van der Waals surface area contributed by atoms with Gasteiger partial charge in [0.2, 0.25) is 0 Å². The van der Waals surface area contributed by atoms with Gasteiger partial charge in [-0.3, -0.25) is 4.79 Å². The monoisotopic (exact) mass is 304 g/mol. The summed E-state index contributed by atoms with van der Waals surface area (Å²) >= 11 is 12.0. The smallest absolute Gasteiger partial charge is 0.255 e. The number of carbonyl (C=O) groups excluding carboxylic acids is 1. The highest BCUT2D eigenvalue weighted by Gasteiger charge is 2.10. The van der Waals surface area contributed by atoms with E-state index >= 15 is 0 Å². The lowest BCUT2D eigenvalue weighted by atomic mass is 10.1. The van der Waals surface area contributed by atoms with Crippen molar-refractivity contribution in [3.05, 3.63) is 64.3 Å². The van der Waals surface area contributed by atoms with Crippen LogP contribution in [0.4, 0.5) is 5.69 Å². The van der Waals surface area contributed by atoms with Crippen molar-refractivity contribution in [3.63, 3.8) is 0 Å². The second-order valence-corrected chi connectivity index (χ2v) is 5.12. The molecule has 1 heterocycles. The van der Waals surface area contributed by atoms with Crippen LogP contribution in [-0.4, -0.2) is 10.9 Å². The summed E-state index contributed by atoms with van der Waals surface area (Å²) in [6.45, 7) is 0. The van der Waals surface area contributed by atoms with E-state index in [-0.39, 0.29) is 5.91 Å². The summed E-state index contributed by atoms with van der Waals surface area (Å²) in [5.74, 6) is -0.225. The fraction of sp³-hybridized carbons (Fsp3) is 0. The van der Waals surface area contributed by atoms with Gasteiger partial charge >= 0.3 is 0 Å². The van der Waals surface area contributed by atoms with Crippen LogP contribution in [0.2, 0.25) is 10.0 Å². The Hall–Kier alpha value is -1.97. The molecule has 20 heavy (non-hydrogen) atoms. The van der Waals surface area contributed by atoms with Crippen molar-refractivity contribution < 1.29 is 4.79 Å². The lowest BCUT2D eigenvalue weighted by Gasteiger charge is -2.08. The molecule has 0 aliphatic rings. The van der Waals surface area contributed by atoms with E-state index in [1.807, 2.05) is 24.4 Å². The molecule has 3 rings (SSSR count). The molecule has 0 aliphatic carbocycles. The average Bonchev–Trinajstić information content (AvgIpc) is 2.91. The van der Waals surface area contributed by atoms with Gasteiger partial charge in [0.25, 0.3) is 5.91 Å². The molecular formula is C15H10Cl2N2O. The first-order chi connectivity index (χ1) is 9.65. The number of H-pyrrole nitrogens is 1. The fourth-order valence-corrected chi connectivity index (χ4v) is 2.34. The van der Waals surface area contributed by atoms with Gasteiger partial charge in [-0.25, -0.2) is 0 Å². The van der Waals surface area contributed by atoms with Crippen LogP contribution in [0.5, 0.6) is 0 Å². The number of benzene rings is 2. The quantitative estimate of drug-likeness (QED) is 0.706. The van der Waals surface area contributed by atoms with Crippen LogP contribution in [0.25, 0.3) is 10.9 Å². The Morgan fingerprint density at radius 1 is 1.10 bits per heavy atom. The molecule has 0 radical (unpaired) electrons. The maximum absolute atomic E-state index is 12.2. The Morgan fingerprint density at radius 2 is 1.95 bits per heavy atom. The number of hydrogen-bond donors (Lipinski definition) is 2. The highest BCUT2D eigenvalue weighted by molar-refractivity contribution is 6.44. The first-order valence-electron chi connectivity index (χ1n) is 5.97. The van der Waals surface area contributed by atoms with Crippen molar-refractivity contribution >= 4 is 45.7 Å². The fourth-order valence-electron chi connectivity index (χ4n) is 1.99. The zero-order chi connectivity index (χ0) is 14.1. The highest BCUT2D eigenvalue weighted by Crippen LogP contribution is 2.30. The second-order valence-electron chi connectivity index (χ2n) is 4.34. The summed E-state index contributed by atoms with van der Waals surface area (Å²) in [5.41, 5.74) is 2.05. The molecule has 100 valence electrons. The SMILES string of the molecule is O=C(Nc1cccc(Cl)c1Cl)c1ccc2[nH]ccc2c1. The van der Waals surface area contributed by atoms with Crippen LogP contribution in [0.1, 0.15) is 10.4 Å². The van der Waals surface area contributed by atoms with Crippen LogP contribution in [0.15, 0.2) is 48.7 Å². The van der Waals surface area contributed by atoms with E-state index in [1.54, 1.807) is 24.3 Å². The molecule has 2 N–H and O–H groups in total. The average molecular weight is 305 g/mol. The summed E-state index contributed by atoms with van der Waals surface area (Å²) in [7, 11) is 0. The van der Waals surface area contributed by atoms with Crippen LogP contribution >= 0.6 is 23.2 Å². The Morgan fingerprint density at radius 3 is 2.80 bits per heavy atom. The molecule has 1 amide bonds. The zero-order valence-electron chi connectivity index (χ0n) is 10.3. The number of aromatic amines is 1. The topological polar surface area (TPSA) is 44.9 Å². The third-order valence-corrected chi connectivity index (χ3v) is 3.83. The largest absolute Gasteiger partial charge is 0.361 e. The van der Waals surface area contributed by atoms with Crippen molar-refractivity contribution in [3.8, 4) is 0 Å². The van der Waals surface area contributed by atoms with E-state index in [1.165, 1.54) is 0 Å². The van der Waals surface area contributed by atoms with Crippen molar-refractivity contribution in [1.29, 1.82) is 0 Å². The minimum Gasteiger partial charge on any atom is -0.361 e. The van der Waals surface area contributed by atoms with E-state index in [0.717, 1.165) is 10.9 Å². The number of halogens is 2. The van der Waals surface area contributed by atoms with Crippen LogP contribution in [0, 0.1) is 0 Å². The maximum atomic E-state index is 12.2. The lowest BCUT2D eigenvalue weighted by molar-refractivity contribution is 0.102. The third-order valence-electron chi connectivity index (χ3n) is 3.02. The van der Waals surface area contributed by atoms with Crippen LogP contribution < -0.4 is 5.32 Å². The molecule has 0 bridgehead atoms. The molecule has 0 saturated carbocycles. The molecule has 3 aromatic rings. The Kier molecular flexibility index (Phi) is 3.38. The van der Waals surface area contributed by atoms with E-state index in [9.17, 15) is 4.79 Å². The predicted molar refractivity (Wildman–Crippen MR) is 82.7 cm³/mol. The number of rotatable bonds is 2. The first-order valence-corrected chi connectivity index (χ1v) is 6.73. The molecular weight excluding hydrogens is 295 g/mol. The molecule has 0 saturated heterocycles. The minimum absolute atomic E-state index is 0.225. The molecule has 0 spiro atoms. The molecule has 1 aromatic heterocycles. The summed E-state index contributed by atoms with van der Waals surface area (Å²) in [6.07, 6.45) is 1.83. The van der Waals surface area contributed by atoms with Gasteiger partial charge in [-0.15, -0.1) is 0 Å². The Balaban J connectivity index is 1.90. The van der Waals surface area contributed by atoms with Gasteiger partial charge in [-0.1, -0.05) is 29.3 Å². The van der Waals surface area contributed by atoms with Gasteiger partial charge in [0, 0.05) is 22.7 Å². The second kappa shape index (κ2) is 5.19. The Bertz CT molecular complexity index is 795. The number of fused-ring (bicyclic) bond motifs is 1. The summed E-state index contributed by atoms with van der Waals surface area (Å²) < 4.78 is 0. The number of carbonyl (C=O) groups is 1. The normalized spacial score (nSPS) is 10.7. The van der Waals surface area contributed by atoms with E-state index in [4.69, 9.17) is 23.2 Å². The standard InChI is InChI=1S/C15H10Cl2N2O/c16-11-2-1-3-13(14(11)17)19-15(20)10-4-5-12-9(8-10)6-7-18-12/h1-8,18H,(H,19,20). The van der Waals surface area contributed by atoms with Crippen molar-refractivity contribution in [1.82, 2.24) is 4.98 Å². The Labute approximate surface area is 125 Å². The number of amides is 1. The van der Waals surface area contributed by atoms with Gasteiger partial charge in [-0.05, 0) is 36.4 Å². The van der Waals surface area contributed by atoms with E-state index in [0.29, 0.717) is 21.3 Å². The van der Waals surface area contributed by atoms with Crippen molar-refractivity contribution in [2.45, 2.75) is 0 Å². The third kappa shape index (κ3) is 2.38.